The van der Waals surface area contributed by atoms with Crippen LogP contribution in [0.1, 0.15) is 48.9 Å². The van der Waals surface area contributed by atoms with E-state index in [-0.39, 0.29) is 17.5 Å². The quantitative estimate of drug-likeness (QED) is 0.765. The maximum Gasteiger partial charge on any atom is 0.338 e. The van der Waals surface area contributed by atoms with Gasteiger partial charge in [0.25, 0.3) is 5.91 Å². The molecule has 4 amide bonds. The molecule has 0 atom stereocenters. The van der Waals surface area contributed by atoms with E-state index in [9.17, 15) is 19.2 Å². The fraction of sp³-hybridized carbons (Fsp3) is 0.474. The van der Waals surface area contributed by atoms with Crippen LogP contribution in [-0.2, 0) is 14.3 Å². The normalized spacial score (nSPS) is 17.0. The largest absolute Gasteiger partial charge is 0.452 e. The van der Waals surface area contributed by atoms with Crippen molar-refractivity contribution in [1.82, 2.24) is 10.6 Å². The summed E-state index contributed by atoms with van der Waals surface area (Å²) in [5.74, 6) is -1.35. The van der Waals surface area contributed by atoms with Gasteiger partial charge in [0, 0.05) is 24.7 Å². The molecule has 2 aliphatic rings. The Bertz CT molecular complexity index is 743. The van der Waals surface area contributed by atoms with Crippen molar-refractivity contribution < 1.29 is 23.9 Å². The third-order valence-corrected chi connectivity index (χ3v) is 4.74. The fourth-order valence-corrected chi connectivity index (χ4v) is 3.39. The Morgan fingerprint density at radius 2 is 1.93 bits per heavy atom. The highest BCUT2D eigenvalue weighted by Gasteiger charge is 2.23. The Hall–Kier alpha value is -2.90. The van der Waals surface area contributed by atoms with E-state index in [0.29, 0.717) is 18.7 Å². The van der Waals surface area contributed by atoms with Gasteiger partial charge in [0.1, 0.15) is 0 Å². The van der Waals surface area contributed by atoms with Gasteiger partial charge in [-0.25, -0.2) is 9.59 Å². The van der Waals surface area contributed by atoms with E-state index in [0.717, 1.165) is 32.1 Å². The predicted octanol–water partition coefficient (Wildman–Crippen LogP) is 1.74. The van der Waals surface area contributed by atoms with E-state index in [1.807, 2.05) is 0 Å². The molecule has 0 bridgehead atoms. The van der Waals surface area contributed by atoms with Crippen molar-refractivity contribution >= 4 is 29.5 Å². The van der Waals surface area contributed by atoms with Gasteiger partial charge in [-0.15, -0.1) is 0 Å². The number of amides is 4. The number of nitrogens with zero attached hydrogens (tertiary/aromatic N) is 1. The molecule has 0 aromatic heterocycles. The summed E-state index contributed by atoms with van der Waals surface area (Å²) in [7, 11) is 0. The summed E-state index contributed by atoms with van der Waals surface area (Å²) in [4.78, 5) is 49.1. The number of rotatable bonds is 5. The van der Waals surface area contributed by atoms with Crippen molar-refractivity contribution in [3.63, 3.8) is 0 Å². The van der Waals surface area contributed by atoms with E-state index in [2.05, 4.69) is 10.6 Å². The number of hydrogen-bond acceptors (Lipinski definition) is 5. The first kappa shape index (κ1) is 18.9. The number of hydrogen-bond donors (Lipinski definition) is 2. The molecule has 1 aromatic rings. The number of urea groups is 1. The summed E-state index contributed by atoms with van der Waals surface area (Å²) in [6.07, 6.45) is 5.24. The lowest BCUT2D eigenvalue weighted by molar-refractivity contribution is -0.123. The SMILES string of the molecule is O=C(COC(=O)c1cccc(N2CCCC2=O)c1)NC(=O)NC1CCCC1. The van der Waals surface area contributed by atoms with Gasteiger partial charge in [-0.1, -0.05) is 18.9 Å². The summed E-state index contributed by atoms with van der Waals surface area (Å²) in [5, 5.41) is 4.88. The van der Waals surface area contributed by atoms with Crippen LogP contribution in [0.15, 0.2) is 24.3 Å². The zero-order chi connectivity index (χ0) is 19.2. The molecule has 0 radical (unpaired) electrons. The molecular formula is C19H23N3O5. The van der Waals surface area contributed by atoms with Crippen molar-refractivity contribution in [2.75, 3.05) is 18.1 Å². The van der Waals surface area contributed by atoms with E-state index in [1.54, 1.807) is 29.2 Å². The lowest BCUT2D eigenvalue weighted by atomic mass is 10.2. The Kier molecular flexibility index (Phi) is 6.05. The maximum atomic E-state index is 12.2. The van der Waals surface area contributed by atoms with Gasteiger partial charge in [-0.3, -0.25) is 14.9 Å². The van der Waals surface area contributed by atoms with Gasteiger partial charge in [0.15, 0.2) is 6.61 Å². The standard InChI is InChI=1S/C19H23N3O5/c23-16(21-19(26)20-14-6-1-2-7-14)12-27-18(25)13-5-3-8-15(11-13)22-10-4-9-17(22)24/h3,5,8,11,14H,1-2,4,6-7,9-10,12H2,(H2,20,21,23,26). The minimum Gasteiger partial charge on any atom is -0.452 e. The van der Waals surface area contributed by atoms with Gasteiger partial charge in [-0.2, -0.15) is 0 Å². The first-order valence-electron chi connectivity index (χ1n) is 9.21. The number of benzene rings is 1. The molecule has 1 aromatic carbocycles. The van der Waals surface area contributed by atoms with Crippen LogP contribution < -0.4 is 15.5 Å². The van der Waals surface area contributed by atoms with Crippen LogP contribution in [0.5, 0.6) is 0 Å². The number of carbonyl (C=O) groups is 4. The summed E-state index contributed by atoms with van der Waals surface area (Å²) in [6, 6.07) is 6.05. The fourth-order valence-electron chi connectivity index (χ4n) is 3.39. The highest BCUT2D eigenvalue weighted by Crippen LogP contribution is 2.22. The van der Waals surface area contributed by atoms with Crippen molar-refractivity contribution in [1.29, 1.82) is 0 Å². The topological polar surface area (TPSA) is 105 Å². The van der Waals surface area contributed by atoms with E-state index < -0.39 is 24.5 Å². The van der Waals surface area contributed by atoms with E-state index in [4.69, 9.17) is 4.74 Å². The molecule has 144 valence electrons. The van der Waals surface area contributed by atoms with Gasteiger partial charge < -0.3 is 15.0 Å². The monoisotopic (exact) mass is 373 g/mol. The first-order chi connectivity index (χ1) is 13.0. The second-order valence-electron chi connectivity index (χ2n) is 6.78. The Morgan fingerprint density at radius 1 is 1.15 bits per heavy atom. The van der Waals surface area contributed by atoms with Crippen LogP contribution in [0, 0.1) is 0 Å². The lowest BCUT2D eigenvalue weighted by Crippen LogP contribution is -2.45. The summed E-state index contributed by atoms with van der Waals surface area (Å²) >= 11 is 0. The number of esters is 1. The third kappa shape index (κ3) is 5.06. The van der Waals surface area contributed by atoms with Crippen molar-refractivity contribution in [2.45, 2.75) is 44.6 Å². The summed E-state index contributed by atoms with van der Waals surface area (Å²) < 4.78 is 4.97. The van der Waals surface area contributed by atoms with Crippen molar-refractivity contribution in [3.05, 3.63) is 29.8 Å². The molecule has 1 aliphatic carbocycles. The maximum absolute atomic E-state index is 12.2. The third-order valence-electron chi connectivity index (χ3n) is 4.74. The van der Waals surface area contributed by atoms with Crippen LogP contribution >= 0.6 is 0 Å². The highest BCUT2D eigenvalue weighted by molar-refractivity contribution is 5.99. The molecule has 27 heavy (non-hydrogen) atoms. The number of carbonyl (C=O) groups excluding carboxylic acids is 4. The van der Waals surface area contributed by atoms with Crippen LogP contribution in [0.4, 0.5) is 10.5 Å². The number of imide groups is 1. The average molecular weight is 373 g/mol. The molecule has 2 N–H and O–H groups in total. The highest BCUT2D eigenvalue weighted by atomic mass is 16.5. The van der Waals surface area contributed by atoms with Crippen molar-refractivity contribution in [2.24, 2.45) is 0 Å². The second-order valence-corrected chi connectivity index (χ2v) is 6.78. The zero-order valence-corrected chi connectivity index (χ0v) is 15.0. The Labute approximate surface area is 157 Å². The van der Waals surface area contributed by atoms with Crippen molar-refractivity contribution in [3.8, 4) is 0 Å². The average Bonchev–Trinajstić information content (AvgIpc) is 3.31. The number of anilines is 1. The van der Waals surface area contributed by atoms with Gasteiger partial charge in [-0.05, 0) is 37.5 Å². The summed E-state index contributed by atoms with van der Waals surface area (Å²) in [6.45, 7) is 0.0691. The first-order valence-corrected chi connectivity index (χ1v) is 9.21. The molecule has 1 saturated heterocycles. The molecule has 3 rings (SSSR count). The Morgan fingerprint density at radius 3 is 2.63 bits per heavy atom. The minimum atomic E-state index is -0.690. The van der Waals surface area contributed by atoms with Crippen LogP contribution in [0.3, 0.4) is 0 Å². The molecule has 8 nitrogen and oxygen atoms in total. The second kappa shape index (κ2) is 8.66. The molecule has 0 spiro atoms. The van der Waals surface area contributed by atoms with Gasteiger partial charge in [0.05, 0.1) is 5.56 Å². The molecule has 2 fully saturated rings. The zero-order valence-electron chi connectivity index (χ0n) is 15.0. The molecule has 1 aliphatic heterocycles. The molecular weight excluding hydrogens is 350 g/mol. The van der Waals surface area contributed by atoms with E-state index in [1.165, 1.54) is 0 Å². The molecule has 8 heteroatoms. The van der Waals surface area contributed by atoms with E-state index >= 15 is 0 Å². The minimum absolute atomic E-state index is 0.0215. The van der Waals surface area contributed by atoms with Crippen LogP contribution in [0.2, 0.25) is 0 Å². The lowest BCUT2D eigenvalue weighted by Gasteiger charge is -2.16. The summed E-state index contributed by atoms with van der Waals surface area (Å²) in [5.41, 5.74) is 0.878. The Balaban J connectivity index is 1.47. The molecule has 1 saturated carbocycles. The van der Waals surface area contributed by atoms with Crippen LogP contribution in [0.25, 0.3) is 0 Å². The molecule has 1 heterocycles. The molecule has 0 unspecified atom stereocenters. The number of ether oxygens (including phenoxy) is 1. The van der Waals surface area contributed by atoms with Gasteiger partial charge in [0.2, 0.25) is 5.91 Å². The predicted molar refractivity (Wildman–Crippen MR) is 97.2 cm³/mol. The smallest absolute Gasteiger partial charge is 0.338 e. The number of nitrogens with one attached hydrogen (secondary N) is 2. The van der Waals surface area contributed by atoms with Crippen LogP contribution in [-0.4, -0.2) is 43.0 Å². The van der Waals surface area contributed by atoms with Gasteiger partial charge >= 0.3 is 12.0 Å².